The number of nitrogens with zero attached hydrogens (tertiary/aromatic N) is 1. The molecule has 0 spiro atoms. The van der Waals surface area contributed by atoms with Crippen molar-refractivity contribution in [2.24, 2.45) is 0 Å². The normalized spacial score (nSPS) is 17.6. The summed E-state index contributed by atoms with van der Waals surface area (Å²) in [6.07, 6.45) is 1.54. The first-order valence-electron chi connectivity index (χ1n) is 7.83. The fraction of sp³-hybridized carbons (Fsp3) is 0.562. The first-order chi connectivity index (χ1) is 10.9. The fourth-order valence-electron chi connectivity index (χ4n) is 2.83. The Balaban J connectivity index is 0.00000288. The number of hydrogen-bond acceptors (Lipinski definition) is 5. The molecule has 1 atom stereocenters. The van der Waals surface area contributed by atoms with E-state index < -0.39 is 16.0 Å². The first kappa shape index (κ1) is 20.9. The van der Waals surface area contributed by atoms with Crippen LogP contribution in [0.3, 0.4) is 0 Å². The van der Waals surface area contributed by atoms with Crippen LogP contribution < -0.4 is 5.32 Å². The number of benzene rings is 1. The average molecular weight is 377 g/mol. The molecule has 1 heterocycles. The molecule has 8 heteroatoms. The third-order valence-corrected chi connectivity index (χ3v) is 6.05. The third kappa shape index (κ3) is 4.27. The summed E-state index contributed by atoms with van der Waals surface area (Å²) in [6, 6.07) is 4.59. The maximum Gasteiger partial charge on any atom is 0.338 e. The van der Waals surface area contributed by atoms with Gasteiger partial charge in [-0.2, -0.15) is 4.31 Å². The van der Waals surface area contributed by atoms with E-state index in [0.717, 1.165) is 19.4 Å². The van der Waals surface area contributed by atoms with Gasteiger partial charge in [-0.15, -0.1) is 12.4 Å². The third-order valence-electron chi connectivity index (χ3n) is 4.11. The van der Waals surface area contributed by atoms with Gasteiger partial charge >= 0.3 is 5.97 Å². The summed E-state index contributed by atoms with van der Waals surface area (Å²) in [5.41, 5.74) is 0.981. The van der Waals surface area contributed by atoms with E-state index in [2.05, 4.69) is 5.32 Å². The number of halogens is 1. The monoisotopic (exact) mass is 376 g/mol. The van der Waals surface area contributed by atoms with Crippen molar-refractivity contribution in [3.63, 3.8) is 0 Å². The number of rotatable bonds is 6. The summed E-state index contributed by atoms with van der Waals surface area (Å²) in [6.45, 7) is 5.67. The van der Waals surface area contributed by atoms with Gasteiger partial charge in [0.15, 0.2) is 0 Å². The molecular weight excluding hydrogens is 352 g/mol. The minimum absolute atomic E-state index is 0. The molecule has 1 aliphatic heterocycles. The lowest BCUT2D eigenvalue weighted by Crippen LogP contribution is -2.42. The van der Waals surface area contributed by atoms with Gasteiger partial charge in [-0.1, -0.05) is 13.0 Å². The minimum atomic E-state index is -3.64. The quantitative estimate of drug-likeness (QED) is 0.768. The zero-order valence-electron chi connectivity index (χ0n) is 14.2. The van der Waals surface area contributed by atoms with E-state index in [1.165, 1.54) is 13.2 Å². The Labute approximate surface area is 150 Å². The Bertz CT molecular complexity index is 673. The molecule has 1 N–H and O–H groups in total. The summed E-state index contributed by atoms with van der Waals surface area (Å²) >= 11 is 0. The van der Waals surface area contributed by atoms with Gasteiger partial charge in [0.2, 0.25) is 10.0 Å². The van der Waals surface area contributed by atoms with Gasteiger partial charge in [0.25, 0.3) is 0 Å². The molecule has 0 radical (unpaired) electrons. The smallest absolute Gasteiger partial charge is 0.338 e. The lowest BCUT2D eigenvalue weighted by Gasteiger charge is -2.27. The van der Waals surface area contributed by atoms with Gasteiger partial charge in [-0.05, 0) is 44.0 Å². The van der Waals surface area contributed by atoms with Crippen molar-refractivity contribution < 1.29 is 17.9 Å². The summed E-state index contributed by atoms with van der Waals surface area (Å²) in [5.74, 6) is -0.524. The van der Waals surface area contributed by atoms with Crippen LogP contribution in [0, 0.1) is 6.92 Å². The Kier molecular flexibility index (Phi) is 7.66. The number of ether oxygens (including phenoxy) is 1. The fourth-order valence-corrected chi connectivity index (χ4v) is 4.60. The van der Waals surface area contributed by atoms with Gasteiger partial charge in [0.05, 0.1) is 17.6 Å². The maximum absolute atomic E-state index is 13.0. The summed E-state index contributed by atoms with van der Waals surface area (Å²) < 4.78 is 32.3. The minimum Gasteiger partial charge on any atom is -0.465 e. The molecule has 0 bridgehead atoms. The van der Waals surface area contributed by atoms with Gasteiger partial charge in [0.1, 0.15) is 0 Å². The van der Waals surface area contributed by atoms with E-state index in [-0.39, 0.29) is 28.9 Å². The van der Waals surface area contributed by atoms with Gasteiger partial charge in [-0.3, -0.25) is 0 Å². The molecule has 1 fully saturated rings. The Morgan fingerprint density at radius 2 is 2.12 bits per heavy atom. The number of aryl methyl sites for hydroxylation is 1. The number of sulfonamides is 1. The van der Waals surface area contributed by atoms with E-state index in [1.807, 2.05) is 6.92 Å². The molecule has 0 aromatic heterocycles. The highest BCUT2D eigenvalue weighted by Gasteiger charge is 2.33. The topological polar surface area (TPSA) is 75.7 Å². The molecule has 1 aromatic carbocycles. The first-order valence-corrected chi connectivity index (χ1v) is 9.27. The van der Waals surface area contributed by atoms with Crippen LogP contribution in [-0.4, -0.2) is 51.5 Å². The van der Waals surface area contributed by atoms with Crippen LogP contribution in [0.5, 0.6) is 0 Å². The lowest BCUT2D eigenvalue weighted by molar-refractivity contribution is 0.0599. The summed E-state index contributed by atoms with van der Waals surface area (Å²) in [7, 11) is -2.35. The van der Waals surface area contributed by atoms with Gasteiger partial charge < -0.3 is 10.1 Å². The van der Waals surface area contributed by atoms with Crippen molar-refractivity contribution in [1.29, 1.82) is 0 Å². The Morgan fingerprint density at radius 1 is 1.42 bits per heavy atom. The highest BCUT2D eigenvalue weighted by Crippen LogP contribution is 2.24. The molecule has 1 aliphatic rings. The molecule has 0 aliphatic carbocycles. The molecule has 24 heavy (non-hydrogen) atoms. The van der Waals surface area contributed by atoms with Crippen molar-refractivity contribution in [2.75, 3.05) is 26.7 Å². The van der Waals surface area contributed by atoms with Crippen LogP contribution in [0.15, 0.2) is 23.1 Å². The number of esters is 1. The second kappa shape index (κ2) is 8.80. The van der Waals surface area contributed by atoms with Crippen LogP contribution >= 0.6 is 12.4 Å². The molecule has 136 valence electrons. The maximum atomic E-state index is 13.0. The van der Waals surface area contributed by atoms with Crippen LogP contribution in [-0.2, 0) is 14.8 Å². The van der Waals surface area contributed by atoms with Crippen molar-refractivity contribution in [3.8, 4) is 0 Å². The lowest BCUT2D eigenvalue weighted by atomic mass is 10.1. The van der Waals surface area contributed by atoms with E-state index >= 15 is 0 Å². The van der Waals surface area contributed by atoms with Crippen LogP contribution in [0.2, 0.25) is 0 Å². The molecule has 0 saturated carbocycles. The van der Waals surface area contributed by atoms with E-state index in [4.69, 9.17) is 4.74 Å². The average Bonchev–Trinajstić information content (AvgIpc) is 3.05. The largest absolute Gasteiger partial charge is 0.465 e. The zero-order valence-corrected chi connectivity index (χ0v) is 15.9. The van der Waals surface area contributed by atoms with Crippen molar-refractivity contribution >= 4 is 28.4 Å². The van der Waals surface area contributed by atoms with E-state index in [9.17, 15) is 13.2 Å². The van der Waals surface area contributed by atoms with Crippen molar-refractivity contribution in [1.82, 2.24) is 9.62 Å². The second-order valence-corrected chi connectivity index (χ2v) is 7.62. The second-order valence-electron chi connectivity index (χ2n) is 5.73. The molecule has 1 unspecified atom stereocenters. The highest BCUT2D eigenvalue weighted by atomic mass is 35.5. The number of hydrogen-bond donors (Lipinski definition) is 1. The molecular formula is C16H25ClN2O4S. The van der Waals surface area contributed by atoms with E-state index in [0.29, 0.717) is 18.7 Å². The summed E-state index contributed by atoms with van der Waals surface area (Å²) in [5, 5.41) is 3.20. The SMILES string of the molecule is CCCN(C1CCNC1)S(=O)(=O)c1ccc(C)c(C(=O)OC)c1.Cl. The Hall–Kier alpha value is -1.15. The summed E-state index contributed by atoms with van der Waals surface area (Å²) in [4.78, 5) is 12.0. The van der Waals surface area contributed by atoms with Gasteiger partial charge in [-0.25, -0.2) is 13.2 Å². The van der Waals surface area contributed by atoms with E-state index in [1.54, 1.807) is 23.4 Å². The molecule has 1 aromatic rings. The van der Waals surface area contributed by atoms with Gasteiger partial charge in [0, 0.05) is 19.1 Å². The number of carbonyl (C=O) groups is 1. The highest BCUT2D eigenvalue weighted by molar-refractivity contribution is 7.89. The molecule has 0 amide bonds. The van der Waals surface area contributed by atoms with Crippen LogP contribution in [0.1, 0.15) is 35.7 Å². The van der Waals surface area contributed by atoms with Crippen LogP contribution in [0.25, 0.3) is 0 Å². The number of carbonyl (C=O) groups excluding carboxylic acids is 1. The molecule has 1 saturated heterocycles. The predicted molar refractivity (Wildman–Crippen MR) is 95.2 cm³/mol. The van der Waals surface area contributed by atoms with Crippen molar-refractivity contribution in [2.45, 2.75) is 37.6 Å². The zero-order chi connectivity index (χ0) is 17.0. The molecule has 6 nitrogen and oxygen atoms in total. The number of nitrogens with one attached hydrogen (secondary N) is 1. The predicted octanol–water partition coefficient (Wildman–Crippen LogP) is 1.97. The standard InChI is InChI=1S/C16H24N2O4S.ClH/c1-4-9-18(13-7-8-17-11-13)23(20,21)14-6-5-12(2)15(10-14)16(19)22-3;/h5-6,10,13,17H,4,7-9,11H2,1-3H3;1H. The number of methoxy groups -OCH3 is 1. The Morgan fingerprint density at radius 3 is 2.67 bits per heavy atom. The van der Waals surface area contributed by atoms with Crippen molar-refractivity contribution in [3.05, 3.63) is 29.3 Å². The van der Waals surface area contributed by atoms with Crippen LogP contribution in [0.4, 0.5) is 0 Å². The molecule has 2 rings (SSSR count).